The molecule has 2 N–H and O–H groups in total. The van der Waals surface area contributed by atoms with Gasteiger partial charge in [-0.05, 0) is 30.3 Å². The zero-order chi connectivity index (χ0) is 17.6. The van der Waals surface area contributed by atoms with Crippen LogP contribution in [0, 0.1) is 5.82 Å². The van der Waals surface area contributed by atoms with Crippen molar-refractivity contribution in [2.45, 2.75) is 6.54 Å². The van der Waals surface area contributed by atoms with Gasteiger partial charge in [0, 0.05) is 16.1 Å². The number of hydrogen-bond donors (Lipinski definition) is 1. The second-order valence-electron chi connectivity index (χ2n) is 5.45. The van der Waals surface area contributed by atoms with Crippen LogP contribution in [-0.4, -0.2) is 26.4 Å². The molecule has 1 aliphatic heterocycles. The third-order valence-corrected chi connectivity index (χ3v) is 4.15. The smallest absolute Gasteiger partial charge is 0.287 e. The summed E-state index contributed by atoms with van der Waals surface area (Å²) in [5, 5.41) is 8.28. The number of aromatic nitrogens is 3. The van der Waals surface area contributed by atoms with Crippen LogP contribution >= 0.6 is 11.6 Å². The van der Waals surface area contributed by atoms with E-state index in [1.165, 1.54) is 10.6 Å². The molecule has 0 spiro atoms. The molecule has 2 aromatic carbocycles. The lowest BCUT2D eigenvalue weighted by Crippen LogP contribution is -2.19. The molecule has 25 heavy (non-hydrogen) atoms. The minimum Gasteiger partial charge on any atom is -0.363 e. The molecule has 1 amide bonds. The number of primary amides is 1. The number of fused-ring (bicyclic) bond motifs is 3. The number of nitrogens with zero attached hydrogens (tertiary/aromatic N) is 4. The lowest BCUT2D eigenvalue weighted by Gasteiger charge is -2.13. The van der Waals surface area contributed by atoms with Crippen molar-refractivity contribution in [1.29, 1.82) is 0 Å². The van der Waals surface area contributed by atoms with Gasteiger partial charge in [-0.1, -0.05) is 23.7 Å². The van der Waals surface area contributed by atoms with E-state index in [1.54, 1.807) is 36.4 Å². The van der Waals surface area contributed by atoms with Crippen LogP contribution in [0.4, 0.5) is 4.39 Å². The quantitative estimate of drug-likeness (QED) is 0.766. The average Bonchev–Trinajstić information content (AvgIpc) is 2.94. The largest absolute Gasteiger partial charge is 0.363 e. The first-order valence-electron chi connectivity index (χ1n) is 7.40. The Balaban J connectivity index is 2.03. The third-order valence-electron chi connectivity index (χ3n) is 3.91. The lowest BCUT2D eigenvalue weighted by atomic mass is 10.00. The van der Waals surface area contributed by atoms with Gasteiger partial charge in [-0.2, -0.15) is 0 Å². The van der Waals surface area contributed by atoms with Crippen LogP contribution < -0.4 is 5.73 Å². The predicted molar refractivity (Wildman–Crippen MR) is 90.6 cm³/mol. The van der Waals surface area contributed by atoms with Crippen LogP contribution in [0.2, 0.25) is 5.02 Å². The molecule has 1 aliphatic rings. The van der Waals surface area contributed by atoms with E-state index in [4.69, 9.17) is 17.3 Å². The predicted octanol–water partition coefficient (Wildman–Crippen LogP) is 2.51. The van der Waals surface area contributed by atoms with Gasteiger partial charge in [-0.25, -0.2) is 4.39 Å². The van der Waals surface area contributed by atoms with Crippen LogP contribution in [0.15, 0.2) is 47.5 Å². The van der Waals surface area contributed by atoms with Gasteiger partial charge in [-0.3, -0.25) is 14.4 Å². The second-order valence-corrected chi connectivity index (χ2v) is 5.88. The van der Waals surface area contributed by atoms with Crippen molar-refractivity contribution in [1.82, 2.24) is 14.8 Å². The first-order valence-corrected chi connectivity index (χ1v) is 7.78. The fourth-order valence-corrected chi connectivity index (χ4v) is 3.02. The van der Waals surface area contributed by atoms with E-state index in [0.717, 1.165) is 0 Å². The molecular formula is C17H11ClFN5O. The minimum absolute atomic E-state index is 0.0106. The Morgan fingerprint density at radius 3 is 2.72 bits per heavy atom. The van der Waals surface area contributed by atoms with Gasteiger partial charge < -0.3 is 5.73 Å². The number of amides is 1. The number of hydrogen-bond acceptors (Lipinski definition) is 4. The van der Waals surface area contributed by atoms with E-state index in [-0.39, 0.29) is 12.4 Å². The number of benzene rings is 2. The molecule has 0 unspecified atom stereocenters. The molecule has 0 fully saturated rings. The summed E-state index contributed by atoms with van der Waals surface area (Å²) >= 11 is 6.14. The summed E-state index contributed by atoms with van der Waals surface area (Å²) < 4.78 is 15.9. The van der Waals surface area contributed by atoms with Crippen molar-refractivity contribution in [2.24, 2.45) is 10.7 Å². The molecule has 0 bridgehead atoms. The number of aliphatic imine (C=N–C) groups is 1. The minimum atomic E-state index is -0.714. The first kappa shape index (κ1) is 15.5. The van der Waals surface area contributed by atoms with Crippen LogP contribution in [0.1, 0.15) is 27.6 Å². The van der Waals surface area contributed by atoms with Gasteiger partial charge in [0.1, 0.15) is 12.4 Å². The molecule has 1 aromatic heterocycles. The molecule has 2 heterocycles. The third kappa shape index (κ3) is 2.49. The molecule has 6 nitrogen and oxygen atoms in total. The molecule has 8 heteroatoms. The molecule has 124 valence electrons. The summed E-state index contributed by atoms with van der Waals surface area (Å²) in [5.41, 5.74) is 7.31. The monoisotopic (exact) mass is 355 g/mol. The highest BCUT2D eigenvalue weighted by Crippen LogP contribution is 2.28. The molecule has 4 rings (SSSR count). The van der Waals surface area contributed by atoms with Gasteiger partial charge in [0.25, 0.3) is 5.91 Å². The van der Waals surface area contributed by atoms with Gasteiger partial charge in [0.2, 0.25) is 5.82 Å². The summed E-state index contributed by atoms with van der Waals surface area (Å²) in [6.07, 6.45) is 0. The Morgan fingerprint density at radius 2 is 1.96 bits per heavy atom. The SMILES string of the molecule is NC(=O)c1nnc2n1-c1ccc(Cl)cc1C(c1ccccc1F)=NC2. The zero-order valence-electron chi connectivity index (χ0n) is 12.8. The maximum Gasteiger partial charge on any atom is 0.287 e. The van der Waals surface area contributed by atoms with E-state index in [1.807, 2.05) is 0 Å². The van der Waals surface area contributed by atoms with Crippen molar-refractivity contribution >= 4 is 23.2 Å². The summed E-state index contributed by atoms with van der Waals surface area (Å²) in [4.78, 5) is 16.2. The Hall–Kier alpha value is -3.06. The summed E-state index contributed by atoms with van der Waals surface area (Å²) in [6, 6.07) is 11.4. The highest BCUT2D eigenvalue weighted by Gasteiger charge is 2.26. The van der Waals surface area contributed by atoms with E-state index in [0.29, 0.717) is 33.4 Å². The van der Waals surface area contributed by atoms with E-state index >= 15 is 0 Å². The van der Waals surface area contributed by atoms with Crippen molar-refractivity contribution in [3.05, 3.63) is 76.1 Å². The second kappa shape index (κ2) is 5.78. The van der Waals surface area contributed by atoms with Crippen LogP contribution in [0.3, 0.4) is 0 Å². The maximum absolute atomic E-state index is 14.3. The molecule has 0 aliphatic carbocycles. The Morgan fingerprint density at radius 1 is 1.16 bits per heavy atom. The number of rotatable bonds is 2. The number of nitrogens with two attached hydrogens (primary N) is 1. The van der Waals surface area contributed by atoms with Gasteiger partial charge in [-0.15, -0.1) is 10.2 Å². The molecular weight excluding hydrogens is 345 g/mol. The van der Waals surface area contributed by atoms with E-state index < -0.39 is 11.7 Å². The van der Waals surface area contributed by atoms with E-state index in [9.17, 15) is 9.18 Å². The van der Waals surface area contributed by atoms with Crippen molar-refractivity contribution in [2.75, 3.05) is 0 Å². The van der Waals surface area contributed by atoms with Crippen LogP contribution in [0.25, 0.3) is 5.69 Å². The zero-order valence-corrected chi connectivity index (χ0v) is 13.5. The number of carbonyl (C=O) groups excluding carboxylic acids is 1. The Bertz CT molecular complexity index is 1040. The van der Waals surface area contributed by atoms with Gasteiger partial charge >= 0.3 is 0 Å². The normalized spacial score (nSPS) is 12.8. The standard InChI is InChI=1S/C17H11ClFN5O/c18-9-5-6-13-11(7-9)15(10-3-1-2-4-12(10)19)21-8-14-22-23-17(16(20)25)24(13)14/h1-7H,8H2,(H2,20,25). The highest BCUT2D eigenvalue weighted by atomic mass is 35.5. The van der Waals surface area contributed by atoms with Crippen molar-refractivity contribution in [3.63, 3.8) is 0 Å². The molecule has 0 atom stereocenters. The molecule has 3 aromatic rings. The highest BCUT2D eigenvalue weighted by molar-refractivity contribution is 6.31. The topological polar surface area (TPSA) is 86.2 Å². The van der Waals surface area contributed by atoms with Gasteiger partial charge in [0.05, 0.1) is 11.4 Å². The van der Waals surface area contributed by atoms with Crippen molar-refractivity contribution in [3.8, 4) is 5.69 Å². The summed E-state index contributed by atoms with van der Waals surface area (Å²) in [6.45, 7) is 0.121. The Labute approximate surface area is 146 Å². The Kier molecular flexibility index (Phi) is 3.58. The number of halogens is 2. The fraction of sp³-hybridized carbons (Fsp3) is 0.0588. The van der Waals surface area contributed by atoms with E-state index in [2.05, 4.69) is 15.2 Å². The van der Waals surface area contributed by atoms with Crippen LogP contribution in [0.5, 0.6) is 0 Å². The number of carbonyl (C=O) groups is 1. The molecule has 0 radical (unpaired) electrons. The summed E-state index contributed by atoms with van der Waals surface area (Å²) in [7, 11) is 0. The van der Waals surface area contributed by atoms with Crippen molar-refractivity contribution < 1.29 is 9.18 Å². The molecule has 0 saturated carbocycles. The van der Waals surface area contributed by atoms with Crippen LogP contribution in [-0.2, 0) is 6.54 Å². The first-order chi connectivity index (χ1) is 12.1. The van der Waals surface area contributed by atoms with Gasteiger partial charge in [0.15, 0.2) is 5.82 Å². The summed E-state index contributed by atoms with van der Waals surface area (Å²) in [5.74, 6) is -0.693. The molecule has 0 saturated heterocycles. The average molecular weight is 356 g/mol. The lowest BCUT2D eigenvalue weighted by molar-refractivity contribution is 0.0988. The maximum atomic E-state index is 14.3. The fourth-order valence-electron chi connectivity index (χ4n) is 2.84.